The van der Waals surface area contributed by atoms with Crippen molar-refractivity contribution >= 4 is 11.4 Å². The highest BCUT2D eigenvalue weighted by atomic mass is 16.5. The van der Waals surface area contributed by atoms with E-state index in [0.29, 0.717) is 6.04 Å². The normalized spacial score (nSPS) is 23.6. The molecule has 3 nitrogen and oxygen atoms in total. The summed E-state index contributed by atoms with van der Waals surface area (Å²) in [6.45, 7) is 2.81. The molecule has 0 saturated carbocycles. The van der Waals surface area contributed by atoms with Gasteiger partial charge in [-0.1, -0.05) is 0 Å². The van der Waals surface area contributed by atoms with Gasteiger partial charge in [0.1, 0.15) is 0 Å². The van der Waals surface area contributed by atoms with Crippen LogP contribution in [0.15, 0.2) is 18.2 Å². The summed E-state index contributed by atoms with van der Waals surface area (Å²) in [5.74, 6) is 0. The molecule has 1 unspecified atom stereocenters. The number of ether oxygens (including phenoxy) is 1. The Morgan fingerprint density at radius 2 is 2.40 bits per heavy atom. The van der Waals surface area contributed by atoms with Crippen molar-refractivity contribution in [2.75, 3.05) is 30.4 Å². The number of hydrogen-bond donors (Lipinski definition) is 2. The smallest absolute Gasteiger partial charge is 0.0668 e. The van der Waals surface area contributed by atoms with E-state index in [9.17, 15) is 0 Å². The van der Waals surface area contributed by atoms with Crippen LogP contribution in [0.3, 0.4) is 0 Å². The van der Waals surface area contributed by atoms with E-state index in [2.05, 4.69) is 28.8 Å². The van der Waals surface area contributed by atoms with Crippen molar-refractivity contribution in [3.8, 4) is 0 Å². The van der Waals surface area contributed by atoms with Crippen LogP contribution in [0.25, 0.3) is 0 Å². The van der Waals surface area contributed by atoms with Crippen LogP contribution in [0.2, 0.25) is 0 Å². The van der Waals surface area contributed by atoms with Gasteiger partial charge in [-0.3, -0.25) is 0 Å². The van der Waals surface area contributed by atoms with E-state index in [0.717, 1.165) is 32.6 Å². The van der Waals surface area contributed by atoms with E-state index >= 15 is 0 Å². The van der Waals surface area contributed by atoms with Crippen molar-refractivity contribution in [2.45, 2.75) is 18.9 Å². The minimum Gasteiger partial charge on any atom is -0.384 e. The Balaban J connectivity index is 1.75. The zero-order valence-corrected chi connectivity index (χ0v) is 8.75. The van der Waals surface area contributed by atoms with Gasteiger partial charge in [-0.25, -0.2) is 0 Å². The van der Waals surface area contributed by atoms with Crippen molar-refractivity contribution < 1.29 is 4.74 Å². The summed E-state index contributed by atoms with van der Waals surface area (Å²) in [6.07, 6.45) is 2.27. The number of anilines is 2. The SMILES string of the molecule is c1cc2c(cc1NC1CCOC1)CCN2. The van der Waals surface area contributed by atoms with Crippen molar-refractivity contribution in [3.63, 3.8) is 0 Å². The molecule has 15 heavy (non-hydrogen) atoms. The molecule has 0 bridgehead atoms. The van der Waals surface area contributed by atoms with Crippen LogP contribution in [0.4, 0.5) is 11.4 Å². The molecule has 1 atom stereocenters. The molecule has 1 aromatic carbocycles. The van der Waals surface area contributed by atoms with Gasteiger partial charge in [-0.05, 0) is 36.6 Å². The van der Waals surface area contributed by atoms with Crippen LogP contribution in [-0.2, 0) is 11.2 Å². The molecule has 1 aromatic rings. The number of nitrogens with one attached hydrogen (secondary N) is 2. The van der Waals surface area contributed by atoms with Crippen molar-refractivity contribution in [2.24, 2.45) is 0 Å². The Morgan fingerprint density at radius 3 is 3.27 bits per heavy atom. The van der Waals surface area contributed by atoms with E-state index < -0.39 is 0 Å². The second kappa shape index (κ2) is 3.74. The fraction of sp³-hybridized carbons (Fsp3) is 0.500. The van der Waals surface area contributed by atoms with Crippen LogP contribution < -0.4 is 10.6 Å². The first kappa shape index (κ1) is 9.04. The second-order valence-corrected chi connectivity index (χ2v) is 4.25. The first-order valence-corrected chi connectivity index (χ1v) is 5.63. The molecular formula is C12H16N2O. The average molecular weight is 204 g/mol. The van der Waals surface area contributed by atoms with E-state index in [-0.39, 0.29) is 0 Å². The summed E-state index contributed by atoms with van der Waals surface area (Å²) in [5.41, 5.74) is 3.95. The maximum Gasteiger partial charge on any atom is 0.0668 e. The van der Waals surface area contributed by atoms with Gasteiger partial charge in [-0.2, -0.15) is 0 Å². The largest absolute Gasteiger partial charge is 0.384 e. The van der Waals surface area contributed by atoms with Gasteiger partial charge in [0, 0.05) is 24.5 Å². The molecule has 2 aliphatic heterocycles. The summed E-state index contributed by atoms with van der Waals surface area (Å²) in [5, 5.41) is 6.89. The zero-order valence-electron chi connectivity index (χ0n) is 8.75. The molecule has 0 amide bonds. The summed E-state index contributed by atoms with van der Waals surface area (Å²) in [7, 11) is 0. The molecule has 3 heteroatoms. The third-order valence-electron chi connectivity index (χ3n) is 3.12. The molecule has 1 fully saturated rings. The van der Waals surface area contributed by atoms with Gasteiger partial charge in [-0.15, -0.1) is 0 Å². The summed E-state index contributed by atoms with van der Waals surface area (Å²) in [4.78, 5) is 0. The molecule has 80 valence electrons. The molecule has 3 rings (SSSR count). The molecular weight excluding hydrogens is 188 g/mol. The number of hydrogen-bond acceptors (Lipinski definition) is 3. The van der Waals surface area contributed by atoms with Crippen LogP contribution in [0, 0.1) is 0 Å². The van der Waals surface area contributed by atoms with E-state index in [1.807, 2.05) is 0 Å². The minimum absolute atomic E-state index is 0.498. The summed E-state index contributed by atoms with van der Waals surface area (Å²) < 4.78 is 5.35. The molecule has 0 radical (unpaired) electrons. The first-order chi connectivity index (χ1) is 7.42. The van der Waals surface area contributed by atoms with Gasteiger partial charge in [0.15, 0.2) is 0 Å². The maximum atomic E-state index is 5.35. The van der Waals surface area contributed by atoms with Gasteiger partial charge in [0.2, 0.25) is 0 Å². The molecule has 1 saturated heterocycles. The fourth-order valence-electron chi connectivity index (χ4n) is 2.28. The second-order valence-electron chi connectivity index (χ2n) is 4.25. The Kier molecular flexibility index (Phi) is 2.25. The Labute approximate surface area is 89.8 Å². The highest BCUT2D eigenvalue weighted by Crippen LogP contribution is 2.26. The van der Waals surface area contributed by atoms with Crippen molar-refractivity contribution in [1.29, 1.82) is 0 Å². The predicted molar refractivity (Wildman–Crippen MR) is 61.5 cm³/mol. The quantitative estimate of drug-likeness (QED) is 0.771. The van der Waals surface area contributed by atoms with Crippen LogP contribution in [0.1, 0.15) is 12.0 Å². The molecule has 0 aliphatic carbocycles. The van der Waals surface area contributed by atoms with E-state index in [1.165, 1.54) is 16.9 Å². The fourth-order valence-corrected chi connectivity index (χ4v) is 2.28. The lowest BCUT2D eigenvalue weighted by Gasteiger charge is -2.13. The summed E-state index contributed by atoms with van der Waals surface area (Å²) >= 11 is 0. The lowest BCUT2D eigenvalue weighted by Crippen LogP contribution is -2.18. The minimum atomic E-state index is 0.498. The average Bonchev–Trinajstić information content (AvgIpc) is 2.87. The highest BCUT2D eigenvalue weighted by molar-refractivity contribution is 5.62. The molecule has 0 aromatic heterocycles. The standard InChI is InChI=1S/C12H16N2O/c1-2-12-9(3-5-13-12)7-10(1)14-11-4-6-15-8-11/h1-2,7,11,13-14H,3-6,8H2. The van der Waals surface area contributed by atoms with Gasteiger partial charge < -0.3 is 15.4 Å². The maximum absolute atomic E-state index is 5.35. The Morgan fingerprint density at radius 1 is 1.40 bits per heavy atom. The van der Waals surface area contributed by atoms with E-state index in [4.69, 9.17) is 4.74 Å². The van der Waals surface area contributed by atoms with Gasteiger partial charge in [0.05, 0.1) is 12.6 Å². The van der Waals surface area contributed by atoms with Crippen molar-refractivity contribution in [1.82, 2.24) is 0 Å². The molecule has 2 aliphatic rings. The third kappa shape index (κ3) is 1.79. The van der Waals surface area contributed by atoms with Crippen LogP contribution in [-0.4, -0.2) is 25.8 Å². The van der Waals surface area contributed by atoms with Crippen LogP contribution >= 0.6 is 0 Å². The lowest BCUT2D eigenvalue weighted by molar-refractivity contribution is 0.195. The monoisotopic (exact) mass is 204 g/mol. The predicted octanol–water partition coefficient (Wildman–Crippen LogP) is 1.86. The number of rotatable bonds is 2. The number of fused-ring (bicyclic) bond motifs is 1. The highest BCUT2D eigenvalue weighted by Gasteiger charge is 2.16. The first-order valence-electron chi connectivity index (χ1n) is 5.63. The van der Waals surface area contributed by atoms with Crippen molar-refractivity contribution in [3.05, 3.63) is 23.8 Å². The Hall–Kier alpha value is -1.22. The Bertz CT molecular complexity index is 359. The van der Waals surface area contributed by atoms with Gasteiger partial charge in [0.25, 0.3) is 0 Å². The molecule has 0 spiro atoms. The molecule has 2 heterocycles. The topological polar surface area (TPSA) is 33.3 Å². The lowest BCUT2D eigenvalue weighted by atomic mass is 10.1. The van der Waals surface area contributed by atoms with E-state index in [1.54, 1.807) is 0 Å². The van der Waals surface area contributed by atoms with Crippen LogP contribution in [0.5, 0.6) is 0 Å². The van der Waals surface area contributed by atoms with Gasteiger partial charge >= 0.3 is 0 Å². The summed E-state index contributed by atoms with van der Waals surface area (Å²) in [6, 6.07) is 7.07. The zero-order chi connectivity index (χ0) is 10.1. The number of benzene rings is 1. The molecule has 2 N–H and O–H groups in total. The third-order valence-corrected chi connectivity index (χ3v) is 3.12.